The van der Waals surface area contributed by atoms with Gasteiger partial charge in [-0.15, -0.1) is 0 Å². The minimum absolute atomic E-state index is 0.258. The highest BCUT2D eigenvalue weighted by Crippen LogP contribution is 2.21. The van der Waals surface area contributed by atoms with Crippen molar-refractivity contribution in [1.29, 1.82) is 0 Å². The normalized spacial score (nSPS) is 12.7. The SMILES string of the molecule is Cc1nn(C)c(Cl)c1CN[C@H](C)c1cccc(Br)c1. The summed E-state index contributed by atoms with van der Waals surface area (Å²) in [5, 5.41) is 8.49. The highest BCUT2D eigenvalue weighted by Gasteiger charge is 2.12. The summed E-state index contributed by atoms with van der Waals surface area (Å²) in [6.45, 7) is 4.83. The van der Waals surface area contributed by atoms with Crippen LogP contribution in [0.15, 0.2) is 28.7 Å². The van der Waals surface area contributed by atoms with Gasteiger partial charge in [-0.1, -0.05) is 39.7 Å². The van der Waals surface area contributed by atoms with E-state index in [1.54, 1.807) is 4.68 Å². The first-order valence-electron chi connectivity index (χ1n) is 6.16. The van der Waals surface area contributed by atoms with Crippen LogP contribution in [0.25, 0.3) is 0 Å². The van der Waals surface area contributed by atoms with Gasteiger partial charge in [-0.2, -0.15) is 5.10 Å². The van der Waals surface area contributed by atoms with Crippen molar-refractivity contribution >= 4 is 27.5 Å². The van der Waals surface area contributed by atoms with Gasteiger partial charge >= 0.3 is 0 Å². The summed E-state index contributed by atoms with van der Waals surface area (Å²) in [5.41, 5.74) is 3.28. The predicted molar refractivity (Wildman–Crippen MR) is 82.4 cm³/mol. The van der Waals surface area contributed by atoms with Crippen molar-refractivity contribution < 1.29 is 0 Å². The first-order chi connectivity index (χ1) is 8.99. The second-order valence-corrected chi connectivity index (χ2v) is 5.91. The molecule has 0 bridgehead atoms. The summed E-state index contributed by atoms with van der Waals surface area (Å²) in [4.78, 5) is 0. The predicted octanol–water partition coefficient (Wildman–Crippen LogP) is 4.00. The fourth-order valence-corrected chi connectivity index (χ4v) is 2.68. The number of hydrogen-bond donors (Lipinski definition) is 1. The molecule has 0 aliphatic rings. The number of hydrogen-bond acceptors (Lipinski definition) is 2. The molecule has 0 aliphatic carbocycles. The van der Waals surface area contributed by atoms with Crippen LogP contribution in [-0.4, -0.2) is 9.78 Å². The lowest BCUT2D eigenvalue weighted by Crippen LogP contribution is -2.18. The van der Waals surface area contributed by atoms with Crippen LogP contribution in [0.2, 0.25) is 5.15 Å². The topological polar surface area (TPSA) is 29.9 Å². The molecule has 0 amide bonds. The molecule has 0 radical (unpaired) electrons. The van der Waals surface area contributed by atoms with Crippen LogP contribution in [-0.2, 0) is 13.6 Å². The van der Waals surface area contributed by atoms with Crippen LogP contribution in [0.4, 0.5) is 0 Å². The van der Waals surface area contributed by atoms with Gasteiger partial charge in [0.15, 0.2) is 0 Å². The van der Waals surface area contributed by atoms with E-state index in [9.17, 15) is 0 Å². The maximum atomic E-state index is 6.22. The Morgan fingerprint density at radius 2 is 2.21 bits per heavy atom. The fraction of sp³-hybridized carbons (Fsp3) is 0.357. The highest BCUT2D eigenvalue weighted by atomic mass is 79.9. The zero-order valence-electron chi connectivity index (χ0n) is 11.2. The molecule has 1 heterocycles. The average molecular weight is 343 g/mol. The van der Waals surface area contributed by atoms with Crippen molar-refractivity contribution in [2.45, 2.75) is 26.4 Å². The second kappa shape index (κ2) is 6.07. The standard InChI is InChI=1S/C14H17BrClN3/c1-9(11-5-4-6-12(15)7-11)17-8-13-10(2)18-19(3)14(13)16/h4-7,9,17H,8H2,1-3H3/t9-/m1/s1. The summed E-state index contributed by atoms with van der Waals surface area (Å²) in [7, 11) is 1.86. The fourth-order valence-electron chi connectivity index (χ4n) is 2.02. The maximum Gasteiger partial charge on any atom is 0.131 e. The molecule has 0 saturated heterocycles. The molecule has 5 heteroatoms. The summed E-state index contributed by atoms with van der Waals surface area (Å²) < 4.78 is 2.80. The zero-order valence-corrected chi connectivity index (χ0v) is 13.6. The molecule has 1 aromatic carbocycles. The zero-order chi connectivity index (χ0) is 14.0. The lowest BCUT2D eigenvalue weighted by molar-refractivity contribution is 0.573. The van der Waals surface area contributed by atoms with Crippen molar-refractivity contribution in [2.24, 2.45) is 7.05 Å². The van der Waals surface area contributed by atoms with E-state index in [4.69, 9.17) is 11.6 Å². The van der Waals surface area contributed by atoms with E-state index >= 15 is 0 Å². The molecule has 0 fully saturated rings. The molecular weight excluding hydrogens is 326 g/mol. The Morgan fingerprint density at radius 1 is 1.47 bits per heavy atom. The summed E-state index contributed by atoms with van der Waals surface area (Å²) in [6, 6.07) is 8.56. The van der Waals surface area contributed by atoms with Crippen LogP contribution in [0.5, 0.6) is 0 Å². The van der Waals surface area contributed by atoms with Crippen LogP contribution in [0.3, 0.4) is 0 Å². The number of aryl methyl sites for hydroxylation is 2. The van der Waals surface area contributed by atoms with Crippen LogP contribution >= 0.6 is 27.5 Å². The van der Waals surface area contributed by atoms with E-state index in [1.165, 1.54) is 5.56 Å². The first-order valence-corrected chi connectivity index (χ1v) is 7.33. The third kappa shape index (κ3) is 3.38. The number of nitrogens with one attached hydrogen (secondary N) is 1. The number of rotatable bonds is 4. The summed E-state index contributed by atoms with van der Waals surface area (Å²) >= 11 is 9.71. The lowest BCUT2D eigenvalue weighted by atomic mass is 10.1. The number of halogens is 2. The molecule has 0 unspecified atom stereocenters. The van der Waals surface area contributed by atoms with E-state index in [0.717, 1.165) is 15.7 Å². The first kappa shape index (κ1) is 14.6. The Bertz CT molecular complexity index is 580. The Balaban J connectivity index is 2.06. The van der Waals surface area contributed by atoms with Gasteiger partial charge in [0.05, 0.1) is 5.69 Å². The van der Waals surface area contributed by atoms with Crippen molar-refractivity contribution in [2.75, 3.05) is 0 Å². The molecule has 3 nitrogen and oxygen atoms in total. The van der Waals surface area contributed by atoms with Gasteiger partial charge in [-0.05, 0) is 31.5 Å². The van der Waals surface area contributed by atoms with Crippen LogP contribution in [0.1, 0.15) is 29.8 Å². The minimum atomic E-state index is 0.258. The molecule has 1 aromatic heterocycles. The number of aromatic nitrogens is 2. The van der Waals surface area contributed by atoms with E-state index in [2.05, 4.69) is 45.4 Å². The van der Waals surface area contributed by atoms with E-state index in [0.29, 0.717) is 11.7 Å². The quantitative estimate of drug-likeness (QED) is 0.910. The molecular formula is C14H17BrClN3. The largest absolute Gasteiger partial charge is 0.306 e. The molecule has 0 saturated carbocycles. The number of benzene rings is 1. The Morgan fingerprint density at radius 3 is 2.79 bits per heavy atom. The average Bonchev–Trinajstić information content (AvgIpc) is 2.61. The molecule has 2 aromatic rings. The van der Waals surface area contributed by atoms with Gasteiger partial charge in [0, 0.05) is 29.7 Å². The van der Waals surface area contributed by atoms with E-state index < -0.39 is 0 Å². The monoisotopic (exact) mass is 341 g/mol. The molecule has 1 N–H and O–H groups in total. The van der Waals surface area contributed by atoms with Crippen LogP contribution in [0, 0.1) is 6.92 Å². The third-order valence-electron chi connectivity index (χ3n) is 3.20. The summed E-state index contributed by atoms with van der Waals surface area (Å²) in [6.07, 6.45) is 0. The second-order valence-electron chi connectivity index (χ2n) is 4.64. The van der Waals surface area contributed by atoms with E-state index in [-0.39, 0.29) is 6.04 Å². The number of nitrogens with zero attached hydrogens (tertiary/aromatic N) is 2. The third-order valence-corrected chi connectivity index (χ3v) is 4.17. The van der Waals surface area contributed by atoms with Gasteiger partial charge in [0.1, 0.15) is 5.15 Å². The molecule has 0 spiro atoms. The van der Waals surface area contributed by atoms with Gasteiger partial charge in [0.2, 0.25) is 0 Å². The van der Waals surface area contributed by atoms with Crippen molar-refractivity contribution in [1.82, 2.24) is 15.1 Å². The van der Waals surface area contributed by atoms with Crippen LogP contribution < -0.4 is 5.32 Å². The van der Waals surface area contributed by atoms with Gasteiger partial charge in [-0.3, -0.25) is 4.68 Å². The molecule has 2 rings (SSSR count). The van der Waals surface area contributed by atoms with Crippen molar-refractivity contribution in [3.63, 3.8) is 0 Å². The van der Waals surface area contributed by atoms with Crippen molar-refractivity contribution in [3.8, 4) is 0 Å². The highest BCUT2D eigenvalue weighted by molar-refractivity contribution is 9.10. The summed E-state index contributed by atoms with van der Waals surface area (Å²) in [5.74, 6) is 0. The minimum Gasteiger partial charge on any atom is -0.306 e. The van der Waals surface area contributed by atoms with E-state index in [1.807, 2.05) is 26.1 Å². The molecule has 0 aliphatic heterocycles. The van der Waals surface area contributed by atoms with Crippen molar-refractivity contribution in [3.05, 3.63) is 50.7 Å². The smallest absolute Gasteiger partial charge is 0.131 e. The molecule has 19 heavy (non-hydrogen) atoms. The molecule has 102 valence electrons. The maximum absolute atomic E-state index is 6.22. The Kier molecular flexibility index (Phi) is 4.66. The van der Waals surface area contributed by atoms with Gasteiger partial charge < -0.3 is 5.32 Å². The Hall–Kier alpha value is -0.840. The molecule has 1 atom stereocenters. The Labute approximate surface area is 127 Å². The van der Waals surface area contributed by atoms with Gasteiger partial charge in [-0.25, -0.2) is 0 Å². The van der Waals surface area contributed by atoms with Gasteiger partial charge in [0.25, 0.3) is 0 Å². The lowest BCUT2D eigenvalue weighted by Gasteiger charge is -2.14.